The minimum atomic E-state index is -0.00176. The number of nitrogens with one attached hydrogen (secondary N) is 1. The van der Waals surface area contributed by atoms with Crippen molar-refractivity contribution < 1.29 is 4.79 Å². The van der Waals surface area contributed by atoms with E-state index in [1.165, 1.54) is 12.8 Å². The highest BCUT2D eigenvalue weighted by Gasteiger charge is 2.19. The van der Waals surface area contributed by atoms with Gasteiger partial charge in [0.1, 0.15) is 0 Å². The maximum absolute atomic E-state index is 11.9. The molecule has 0 atom stereocenters. The van der Waals surface area contributed by atoms with Crippen molar-refractivity contribution in [2.75, 3.05) is 11.9 Å². The van der Waals surface area contributed by atoms with Crippen LogP contribution in [0.25, 0.3) is 0 Å². The zero-order valence-electron chi connectivity index (χ0n) is 9.65. The summed E-state index contributed by atoms with van der Waals surface area (Å²) in [6.45, 7) is 0. The molecular weight excluding hydrogens is 200 g/mol. The van der Waals surface area contributed by atoms with Gasteiger partial charge >= 0.3 is 6.03 Å². The highest BCUT2D eigenvalue weighted by Crippen LogP contribution is 2.18. The number of urea groups is 1. The molecule has 0 aromatic heterocycles. The molecule has 0 unspecified atom stereocenters. The molecule has 2 rings (SSSR count). The van der Waals surface area contributed by atoms with Gasteiger partial charge in [-0.25, -0.2) is 4.79 Å². The van der Waals surface area contributed by atoms with Crippen LogP contribution in [0.5, 0.6) is 0 Å². The van der Waals surface area contributed by atoms with Gasteiger partial charge in [-0.05, 0) is 25.0 Å². The molecule has 1 N–H and O–H groups in total. The van der Waals surface area contributed by atoms with Crippen molar-refractivity contribution in [3.8, 4) is 0 Å². The van der Waals surface area contributed by atoms with Crippen LogP contribution < -0.4 is 10.2 Å². The zero-order chi connectivity index (χ0) is 11.4. The number of amides is 2. The molecule has 1 aliphatic rings. The topological polar surface area (TPSA) is 32.3 Å². The third-order valence-corrected chi connectivity index (χ3v) is 3.13. The van der Waals surface area contributed by atoms with Gasteiger partial charge in [0, 0.05) is 18.8 Å². The number of nitrogens with zero attached hydrogens (tertiary/aromatic N) is 1. The van der Waals surface area contributed by atoms with Gasteiger partial charge in [-0.2, -0.15) is 0 Å². The lowest BCUT2D eigenvalue weighted by atomic mass is 10.2. The third-order valence-electron chi connectivity index (χ3n) is 3.13. The number of carbonyl (C=O) groups is 1. The van der Waals surface area contributed by atoms with Gasteiger partial charge in [0.2, 0.25) is 0 Å². The molecule has 0 heterocycles. The highest BCUT2D eigenvalue weighted by molar-refractivity contribution is 5.91. The average molecular weight is 218 g/mol. The van der Waals surface area contributed by atoms with Crippen LogP contribution >= 0.6 is 0 Å². The number of hydrogen-bond donors (Lipinski definition) is 1. The van der Waals surface area contributed by atoms with Crippen LogP contribution in [0.15, 0.2) is 30.3 Å². The molecule has 1 aromatic rings. The summed E-state index contributed by atoms with van der Waals surface area (Å²) in [6, 6.07) is 10.1. The average Bonchev–Trinajstić information content (AvgIpc) is 2.82. The van der Waals surface area contributed by atoms with Crippen molar-refractivity contribution in [2.45, 2.75) is 31.7 Å². The van der Waals surface area contributed by atoms with Crippen LogP contribution in [0.2, 0.25) is 0 Å². The summed E-state index contributed by atoms with van der Waals surface area (Å²) in [6.07, 6.45) is 4.71. The van der Waals surface area contributed by atoms with E-state index >= 15 is 0 Å². The lowest BCUT2D eigenvalue weighted by Crippen LogP contribution is -2.42. The molecule has 0 spiro atoms. The van der Waals surface area contributed by atoms with E-state index in [1.807, 2.05) is 30.3 Å². The quantitative estimate of drug-likeness (QED) is 0.813. The van der Waals surface area contributed by atoms with E-state index in [0.717, 1.165) is 18.5 Å². The minimum absolute atomic E-state index is 0.00176. The Bertz CT molecular complexity index is 344. The van der Waals surface area contributed by atoms with E-state index in [0.29, 0.717) is 6.04 Å². The molecule has 1 saturated carbocycles. The lowest BCUT2D eigenvalue weighted by Gasteiger charge is -2.20. The van der Waals surface area contributed by atoms with E-state index in [9.17, 15) is 4.79 Å². The van der Waals surface area contributed by atoms with Crippen molar-refractivity contribution in [2.24, 2.45) is 0 Å². The Morgan fingerprint density at radius 1 is 1.25 bits per heavy atom. The van der Waals surface area contributed by atoms with Crippen molar-refractivity contribution in [1.29, 1.82) is 0 Å². The number of carbonyl (C=O) groups excluding carboxylic acids is 1. The second-order valence-corrected chi connectivity index (χ2v) is 4.33. The summed E-state index contributed by atoms with van der Waals surface area (Å²) in [5.41, 5.74) is 0.929. The number of para-hydroxylation sites is 1. The standard InChI is InChI=1S/C13H18N2O/c1-15(12-9-3-2-4-10-12)13(16)14-11-7-5-6-8-11/h2-4,9-11H,5-8H2,1H3,(H,14,16). The molecule has 1 fully saturated rings. The van der Waals surface area contributed by atoms with E-state index in [1.54, 1.807) is 11.9 Å². The molecule has 3 nitrogen and oxygen atoms in total. The molecule has 0 radical (unpaired) electrons. The summed E-state index contributed by atoms with van der Waals surface area (Å²) in [4.78, 5) is 13.6. The molecule has 16 heavy (non-hydrogen) atoms. The van der Waals surface area contributed by atoms with Gasteiger partial charge < -0.3 is 5.32 Å². The largest absolute Gasteiger partial charge is 0.335 e. The number of hydrogen-bond acceptors (Lipinski definition) is 1. The summed E-state index contributed by atoms with van der Waals surface area (Å²) in [5.74, 6) is 0. The van der Waals surface area contributed by atoms with E-state index in [4.69, 9.17) is 0 Å². The Kier molecular flexibility index (Phi) is 3.44. The van der Waals surface area contributed by atoms with E-state index in [2.05, 4.69) is 5.32 Å². The monoisotopic (exact) mass is 218 g/mol. The predicted molar refractivity (Wildman–Crippen MR) is 65.6 cm³/mol. The number of benzene rings is 1. The molecule has 2 amide bonds. The Hall–Kier alpha value is -1.51. The van der Waals surface area contributed by atoms with Gasteiger partial charge in [-0.15, -0.1) is 0 Å². The van der Waals surface area contributed by atoms with E-state index < -0.39 is 0 Å². The van der Waals surface area contributed by atoms with E-state index in [-0.39, 0.29) is 6.03 Å². The fraction of sp³-hybridized carbons (Fsp3) is 0.462. The van der Waals surface area contributed by atoms with Gasteiger partial charge in [-0.3, -0.25) is 4.90 Å². The van der Waals surface area contributed by atoms with Crippen LogP contribution in [0.4, 0.5) is 10.5 Å². The van der Waals surface area contributed by atoms with Crippen molar-refractivity contribution in [3.05, 3.63) is 30.3 Å². The molecule has 1 aliphatic carbocycles. The second kappa shape index (κ2) is 5.01. The predicted octanol–water partition coefficient (Wildman–Crippen LogP) is 2.78. The molecular formula is C13H18N2O. The van der Waals surface area contributed by atoms with Crippen LogP contribution in [0.3, 0.4) is 0 Å². The zero-order valence-corrected chi connectivity index (χ0v) is 9.65. The summed E-state index contributed by atoms with van der Waals surface area (Å²) in [5, 5.41) is 3.06. The van der Waals surface area contributed by atoms with Crippen molar-refractivity contribution >= 4 is 11.7 Å². The third kappa shape index (κ3) is 2.54. The maximum Gasteiger partial charge on any atom is 0.321 e. The first kappa shape index (κ1) is 11.0. The summed E-state index contributed by atoms with van der Waals surface area (Å²) in [7, 11) is 1.81. The summed E-state index contributed by atoms with van der Waals surface area (Å²) >= 11 is 0. The minimum Gasteiger partial charge on any atom is -0.335 e. The van der Waals surface area contributed by atoms with Crippen LogP contribution in [0, 0.1) is 0 Å². The Balaban J connectivity index is 1.94. The van der Waals surface area contributed by atoms with Crippen molar-refractivity contribution in [1.82, 2.24) is 5.32 Å². The fourth-order valence-electron chi connectivity index (χ4n) is 2.11. The normalized spacial score (nSPS) is 16.1. The Morgan fingerprint density at radius 2 is 1.88 bits per heavy atom. The van der Waals surface area contributed by atoms with Gasteiger partial charge in [-0.1, -0.05) is 31.0 Å². The smallest absolute Gasteiger partial charge is 0.321 e. The second-order valence-electron chi connectivity index (χ2n) is 4.33. The first-order valence-electron chi connectivity index (χ1n) is 5.86. The Labute approximate surface area is 96.5 Å². The molecule has 0 saturated heterocycles. The van der Waals surface area contributed by atoms with Gasteiger partial charge in [0.15, 0.2) is 0 Å². The number of rotatable bonds is 2. The maximum atomic E-state index is 11.9. The molecule has 86 valence electrons. The molecule has 1 aromatic carbocycles. The van der Waals surface area contributed by atoms with Gasteiger partial charge in [0.05, 0.1) is 0 Å². The van der Waals surface area contributed by atoms with Crippen molar-refractivity contribution in [3.63, 3.8) is 0 Å². The molecule has 0 bridgehead atoms. The fourth-order valence-corrected chi connectivity index (χ4v) is 2.11. The van der Waals surface area contributed by atoms with Crippen LogP contribution in [-0.4, -0.2) is 19.1 Å². The molecule has 3 heteroatoms. The van der Waals surface area contributed by atoms with Gasteiger partial charge in [0.25, 0.3) is 0 Å². The SMILES string of the molecule is CN(C(=O)NC1CCCC1)c1ccccc1. The van der Waals surface area contributed by atoms with Crippen LogP contribution in [0.1, 0.15) is 25.7 Å². The number of anilines is 1. The van der Waals surface area contributed by atoms with Crippen LogP contribution in [-0.2, 0) is 0 Å². The first-order chi connectivity index (χ1) is 7.77. The first-order valence-corrected chi connectivity index (χ1v) is 5.86. The lowest BCUT2D eigenvalue weighted by molar-refractivity contribution is 0.244. The molecule has 0 aliphatic heterocycles. The summed E-state index contributed by atoms with van der Waals surface area (Å²) < 4.78 is 0. The Morgan fingerprint density at radius 3 is 2.50 bits per heavy atom. The highest BCUT2D eigenvalue weighted by atomic mass is 16.2.